The van der Waals surface area contributed by atoms with Crippen LogP contribution in [0.4, 0.5) is 0 Å². The van der Waals surface area contributed by atoms with Gasteiger partial charge in [0.15, 0.2) is 0 Å². The van der Waals surface area contributed by atoms with Crippen molar-refractivity contribution in [2.24, 2.45) is 5.73 Å². The number of nitrogens with zero attached hydrogens (tertiary/aromatic N) is 4. The highest BCUT2D eigenvalue weighted by atomic mass is 15.1. The average molecular weight is 389 g/mol. The van der Waals surface area contributed by atoms with Gasteiger partial charge in [-0.05, 0) is 61.0 Å². The molecule has 0 aliphatic heterocycles. The standard InChI is InChI=1S/C25H19N5/c26-12-11-18-5-8-21(9-6-18)30-17-29-24-16-28-23-10-7-19(14-22(23)25(24)30)3-4-20-2-1-13-27-15-20/h1-2,5-10,13-17H,11-12,26H2. The molecule has 0 aliphatic carbocycles. The van der Waals surface area contributed by atoms with Gasteiger partial charge in [0.1, 0.15) is 11.8 Å². The smallest absolute Gasteiger partial charge is 0.108 e. The second-order valence-corrected chi connectivity index (χ2v) is 7.04. The third-order valence-electron chi connectivity index (χ3n) is 5.03. The number of pyridine rings is 2. The highest BCUT2D eigenvalue weighted by Gasteiger charge is 2.10. The van der Waals surface area contributed by atoms with Crippen molar-refractivity contribution in [3.05, 3.63) is 96.2 Å². The molecule has 5 rings (SSSR count). The zero-order chi connectivity index (χ0) is 20.3. The van der Waals surface area contributed by atoms with Gasteiger partial charge in [-0.2, -0.15) is 0 Å². The molecule has 5 heteroatoms. The van der Waals surface area contributed by atoms with Gasteiger partial charge in [0.05, 0.1) is 17.2 Å². The Labute approximate surface area is 174 Å². The van der Waals surface area contributed by atoms with Crippen molar-refractivity contribution in [3.8, 4) is 17.5 Å². The van der Waals surface area contributed by atoms with E-state index < -0.39 is 0 Å². The highest BCUT2D eigenvalue weighted by Crippen LogP contribution is 2.26. The van der Waals surface area contributed by atoms with E-state index in [4.69, 9.17) is 5.73 Å². The minimum absolute atomic E-state index is 0.645. The van der Waals surface area contributed by atoms with E-state index in [2.05, 4.69) is 61.7 Å². The first-order chi connectivity index (χ1) is 14.8. The molecule has 0 atom stereocenters. The van der Waals surface area contributed by atoms with Gasteiger partial charge in [-0.1, -0.05) is 24.0 Å². The van der Waals surface area contributed by atoms with Gasteiger partial charge in [-0.3, -0.25) is 14.5 Å². The van der Waals surface area contributed by atoms with E-state index in [0.29, 0.717) is 6.54 Å². The van der Waals surface area contributed by atoms with Crippen molar-refractivity contribution in [1.29, 1.82) is 0 Å². The summed E-state index contributed by atoms with van der Waals surface area (Å²) in [5.41, 5.74) is 12.5. The molecule has 144 valence electrons. The second-order valence-electron chi connectivity index (χ2n) is 7.04. The minimum Gasteiger partial charge on any atom is -0.330 e. The maximum atomic E-state index is 5.67. The lowest BCUT2D eigenvalue weighted by molar-refractivity contribution is 0.966. The van der Waals surface area contributed by atoms with Crippen molar-refractivity contribution in [2.75, 3.05) is 6.54 Å². The monoisotopic (exact) mass is 389 g/mol. The molecule has 3 heterocycles. The Balaban J connectivity index is 1.63. The number of fused-ring (bicyclic) bond motifs is 3. The van der Waals surface area contributed by atoms with Crippen LogP contribution in [0.1, 0.15) is 16.7 Å². The third kappa shape index (κ3) is 3.41. The van der Waals surface area contributed by atoms with E-state index in [-0.39, 0.29) is 0 Å². The topological polar surface area (TPSA) is 69.6 Å². The van der Waals surface area contributed by atoms with Crippen LogP contribution in [-0.2, 0) is 6.42 Å². The molecule has 2 aromatic carbocycles. The Morgan fingerprint density at radius 2 is 1.73 bits per heavy atom. The number of aromatic nitrogens is 4. The normalized spacial score (nSPS) is 10.8. The molecule has 0 aliphatic rings. The summed E-state index contributed by atoms with van der Waals surface area (Å²) >= 11 is 0. The lowest BCUT2D eigenvalue weighted by Gasteiger charge is -2.08. The molecule has 2 N–H and O–H groups in total. The summed E-state index contributed by atoms with van der Waals surface area (Å²) in [6.45, 7) is 0.645. The number of benzene rings is 2. The summed E-state index contributed by atoms with van der Waals surface area (Å²) in [6.07, 6.45) is 8.04. The van der Waals surface area contributed by atoms with Crippen LogP contribution in [0.5, 0.6) is 0 Å². The van der Waals surface area contributed by atoms with E-state index in [1.165, 1.54) is 5.56 Å². The van der Waals surface area contributed by atoms with Gasteiger partial charge >= 0.3 is 0 Å². The molecule has 0 saturated carbocycles. The summed E-state index contributed by atoms with van der Waals surface area (Å²) < 4.78 is 2.10. The molecular weight excluding hydrogens is 370 g/mol. The summed E-state index contributed by atoms with van der Waals surface area (Å²) in [7, 11) is 0. The van der Waals surface area contributed by atoms with Crippen molar-refractivity contribution in [1.82, 2.24) is 19.5 Å². The molecule has 0 unspecified atom stereocenters. The second kappa shape index (κ2) is 7.78. The Kier molecular flexibility index (Phi) is 4.68. The van der Waals surface area contributed by atoms with Gasteiger partial charge in [0.25, 0.3) is 0 Å². The fourth-order valence-electron chi connectivity index (χ4n) is 3.54. The van der Waals surface area contributed by atoms with Crippen LogP contribution in [0.25, 0.3) is 27.6 Å². The van der Waals surface area contributed by atoms with Gasteiger partial charge in [0.2, 0.25) is 0 Å². The van der Waals surface area contributed by atoms with Gasteiger partial charge in [-0.15, -0.1) is 0 Å². The predicted octanol–water partition coefficient (Wildman–Crippen LogP) is 3.87. The maximum Gasteiger partial charge on any atom is 0.108 e. The minimum atomic E-state index is 0.645. The summed E-state index contributed by atoms with van der Waals surface area (Å²) in [6, 6.07) is 18.3. The lowest BCUT2D eigenvalue weighted by atomic mass is 10.1. The van der Waals surface area contributed by atoms with Crippen LogP contribution in [0.2, 0.25) is 0 Å². The van der Waals surface area contributed by atoms with Crippen LogP contribution < -0.4 is 5.73 Å². The number of rotatable bonds is 3. The molecule has 5 aromatic rings. The SMILES string of the molecule is NCCc1ccc(-n2cnc3cnc4ccc(C#Cc5cccnc5)cc4c32)cc1. The number of imidazole rings is 1. The molecule has 0 amide bonds. The van der Waals surface area contributed by atoms with E-state index in [1.807, 2.05) is 36.8 Å². The van der Waals surface area contributed by atoms with Crippen LogP contribution in [0, 0.1) is 11.8 Å². The number of hydrogen-bond acceptors (Lipinski definition) is 4. The largest absolute Gasteiger partial charge is 0.330 e. The Bertz CT molecular complexity index is 1390. The summed E-state index contributed by atoms with van der Waals surface area (Å²) in [5, 5.41) is 1.02. The maximum absolute atomic E-state index is 5.67. The molecular formula is C25H19N5. The fraction of sp³-hybridized carbons (Fsp3) is 0.0800. The summed E-state index contributed by atoms with van der Waals surface area (Å²) in [5.74, 6) is 6.40. The van der Waals surface area contributed by atoms with E-state index in [9.17, 15) is 0 Å². The molecule has 0 saturated heterocycles. The fourth-order valence-corrected chi connectivity index (χ4v) is 3.54. The average Bonchev–Trinajstić information content (AvgIpc) is 3.24. The number of hydrogen-bond donors (Lipinski definition) is 1. The lowest BCUT2D eigenvalue weighted by Crippen LogP contribution is -2.02. The highest BCUT2D eigenvalue weighted by molar-refractivity contribution is 6.03. The molecule has 5 nitrogen and oxygen atoms in total. The molecule has 0 radical (unpaired) electrons. The Morgan fingerprint density at radius 1 is 0.867 bits per heavy atom. The molecule has 0 bridgehead atoms. The quantitative estimate of drug-likeness (QED) is 0.476. The zero-order valence-corrected chi connectivity index (χ0v) is 16.3. The summed E-state index contributed by atoms with van der Waals surface area (Å²) in [4.78, 5) is 13.2. The molecule has 30 heavy (non-hydrogen) atoms. The van der Waals surface area contributed by atoms with Crippen LogP contribution in [-0.4, -0.2) is 26.1 Å². The van der Waals surface area contributed by atoms with E-state index >= 15 is 0 Å². The van der Waals surface area contributed by atoms with Crippen LogP contribution in [0.15, 0.2) is 79.5 Å². The first-order valence-corrected chi connectivity index (χ1v) is 9.79. The van der Waals surface area contributed by atoms with Gasteiger partial charge < -0.3 is 5.73 Å². The molecule has 0 spiro atoms. The van der Waals surface area contributed by atoms with Crippen molar-refractivity contribution in [2.45, 2.75) is 6.42 Å². The van der Waals surface area contributed by atoms with Crippen molar-refractivity contribution >= 4 is 21.9 Å². The zero-order valence-electron chi connectivity index (χ0n) is 16.3. The van der Waals surface area contributed by atoms with Crippen LogP contribution in [0.3, 0.4) is 0 Å². The van der Waals surface area contributed by atoms with Crippen molar-refractivity contribution < 1.29 is 0 Å². The molecule has 0 fully saturated rings. The first-order valence-electron chi connectivity index (χ1n) is 9.79. The van der Waals surface area contributed by atoms with Crippen LogP contribution >= 0.6 is 0 Å². The Hall–Kier alpha value is -4.01. The number of nitrogens with two attached hydrogens (primary N) is 1. The molecule has 3 aromatic heterocycles. The first kappa shape index (κ1) is 18.0. The van der Waals surface area contributed by atoms with Gasteiger partial charge in [0, 0.05) is 34.6 Å². The van der Waals surface area contributed by atoms with E-state index in [1.54, 1.807) is 12.4 Å². The third-order valence-corrected chi connectivity index (χ3v) is 5.03. The van der Waals surface area contributed by atoms with Gasteiger partial charge in [-0.25, -0.2) is 4.98 Å². The predicted molar refractivity (Wildman–Crippen MR) is 119 cm³/mol. The van der Waals surface area contributed by atoms with E-state index in [0.717, 1.165) is 45.2 Å². The van der Waals surface area contributed by atoms with Crippen molar-refractivity contribution in [3.63, 3.8) is 0 Å². The Morgan fingerprint density at radius 3 is 2.53 bits per heavy atom.